The molecule has 0 heterocycles. The second-order valence-electron chi connectivity index (χ2n) is 3.99. The first kappa shape index (κ1) is 13.5. The second-order valence-corrected chi connectivity index (χ2v) is 3.99. The van der Waals surface area contributed by atoms with Crippen molar-refractivity contribution in [2.75, 3.05) is 0 Å². The van der Waals surface area contributed by atoms with Gasteiger partial charge in [0.2, 0.25) is 0 Å². The lowest BCUT2D eigenvalue weighted by Gasteiger charge is -2.20. The van der Waals surface area contributed by atoms with Crippen LogP contribution in [0.3, 0.4) is 0 Å². The van der Waals surface area contributed by atoms with E-state index in [1.165, 1.54) is 0 Å². The van der Waals surface area contributed by atoms with Gasteiger partial charge >= 0.3 is 5.97 Å². The number of carbonyl (C=O) groups is 1. The maximum atomic E-state index is 11.2. The van der Waals surface area contributed by atoms with E-state index >= 15 is 0 Å². The second kappa shape index (κ2) is 6.86. The van der Waals surface area contributed by atoms with Crippen LogP contribution in [0, 0.1) is 5.92 Å². The Morgan fingerprint density at radius 2 is 2.12 bits per heavy atom. The standard InChI is InChI=1S/C14H19NO2/c1-3-12(4-2)13(14(16)17)15-10-11-8-6-5-7-9-11/h3,5-9,12-13,15H,1,4,10H2,2H3,(H,16,17). The molecule has 0 saturated carbocycles. The van der Waals surface area contributed by atoms with Crippen molar-refractivity contribution in [3.05, 3.63) is 48.6 Å². The zero-order chi connectivity index (χ0) is 12.7. The molecule has 0 saturated heterocycles. The largest absolute Gasteiger partial charge is 0.480 e. The van der Waals surface area contributed by atoms with Crippen molar-refractivity contribution in [3.8, 4) is 0 Å². The monoisotopic (exact) mass is 233 g/mol. The van der Waals surface area contributed by atoms with Gasteiger partial charge in [0.05, 0.1) is 0 Å². The van der Waals surface area contributed by atoms with Gasteiger partial charge in [-0.25, -0.2) is 0 Å². The molecule has 0 bridgehead atoms. The minimum Gasteiger partial charge on any atom is -0.480 e. The molecule has 0 aliphatic rings. The summed E-state index contributed by atoms with van der Waals surface area (Å²) in [7, 11) is 0. The predicted molar refractivity (Wildman–Crippen MR) is 68.7 cm³/mol. The molecule has 1 rings (SSSR count). The summed E-state index contributed by atoms with van der Waals surface area (Å²) in [4.78, 5) is 11.2. The lowest BCUT2D eigenvalue weighted by atomic mass is 9.97. The minimum atomic E-state index is -0.826. The van der Waals surface area contributed by atoms with Gasteiger partial charge in [0, 0.05) is 12.5 Å². The van der Waals surface area contributed by atoms with Crippen LogP contribution >= 0.6 is 0 Å². The molecule has 0 aliphatic heterocycles. The van der Waals surface area contributed by atoms with Gasteiger partial charge in [0.25, 0.3) is 0 Å². The van der Waals surface area contributed by atoms with Gasteiger partial charge in [0.15, 0.2) is 0 Å². The van der Waals surface area contributed by atoms with Crippen LogP contribution in [-0.2, 0) is 11.3 Å². The Balaban J connectivity index is 2.62. The highest BCUT2D eigenvalue weighted by molar-refractivity contribution is 5.74. The van der Waals surface area contributed by atoms with Crippen LogP contribution < -0.4 is 5.32 Å². The smallest absolute Gasteiger partial charge is 0.321 e. The number of hydrogen-bond donors (Lipinski definition) is 2. The van der Waals surface area contributed by atoms with Crippen LogP contribution in [0.4, 0.5) is 0 Å². The summed E-state index contributed by atoms with van der Waals surface area (Å²) in [5.41, 5.74) is 1.08. The van der Waals surface area contributed by atoms with Gasteiger partial charge < -0.3 is 5.11 Å². The van der Waals surface area contributed by atoms with Crippen LogP contribution in [0.15, 0.2) is 43.0 Å². The summed E-state index contributed by atoms with van der Waals surface area (Å²) >= 11 is 0. The molecule has 2 unspecified atom stereocenters. The van der Waals surface area contributed by atoms with E-state index < -0.39 is 12.0 Å². The molecule has 17 heavy (non-hydrogen) atoms. The summed E-state index contributed by atoms with van der Waals surface area (Å²) in [6.07, 6.45) is 2.47. The van der Waals surface area contributed by atoms with Gasteiger partial charge in [-0.05, 0) is 12.0 Å². The van der Waals surface area contributed by atoms with Crippen LogP contribution in [0.1, 0.15) is 18.9 Å². The van der Waals surface area contributed by atoms with E-state index in [1.807, 2.05) is 37.3 Å². The average Bonchev–Trinajstić information content (AvgIpc) is 2.35. The third-order valence-electron chi connectivity index (χ3n) is 2.84. The van der Waals surface area contributed by atoms with Gasteiger partial charge in [-0.2, -0.15) is 0 Å². The average molecular weight is 233 g/mol. The number of carboxylic acids is 1. The Morgan fingerprint density at radius 1 is 1.47 bits per heavy atom. The first-order valence-electron chi connectivity index (χ1n) is 5.81. The molecule has 92 valence electrons. The first-order valence-corrected chi connectivity index (χ1v) is 5.81. The Hall–Kier alpha value is -1.61. The van der Waals surface area contributed by atoms with Crippen molar-refractivity contribution in [2.45, 2.75) is 25.9 Å². The fourth-order valence-corrected chi connectivity index (χ4v) is 1.78. The molecule has 1 aromatic rings. The number of aliphatic carboxylic acids is 1. The molecule has 3 heteroatoms. The molecule has 0 fully saturated rings. The van der Waals surface area contributed by atoms with Crippen molar-refractivity contribution in [3.63, 3.8) is 0 Å². The highest BCUT2D eigenvalue weighted by Gasteiger charge is 2.23. The molecule has 2 atom stereocenters. The summed E-state index contributed by atoms with van der Waals surface area (Å²) in [5.74, 6) is -0.871. The normalized spacial score (nSPS) is 13.9. The molecule has 2 N–H and O–H groups in total. The molecule has 3 nitrogen and oxygen atoms in total. The van der Waals surface area contributed by atoms with Crippen molar-refractivity contribution in [2.24, 2.45) is 5.92 Å². The molecule has 0 radical (unpaired) electrons. The zero-order valence-corrected chi connectivity index (χ0v) is 10.1. The van der Waals surface area contributed by atoms with Crippen molar-refractivity contribution < 1.29 is 9.90 Å². The Bertz CT molecular complexity index is 362. The maximum Gasteiger partial charge on any atom is 0.321 e. The van der Waals surface area contributed by atoms with Crippen molar-refractivity contribution >= 4 is 5.97 Å². The van der Waals surface area contributed by atoms with E-state index in [-0.39, 0.29) is 5.92 Å². The summed E-state index contributed by atoms with van der Waals surface area (Å²) in [6, 6.07) is 9.20. The number of benzene rings is 1. The summed E-state index contributed by atoms with van der Waals surface area (Å²) in [6.45, 7) is 6.21. The van der Waals surface area contributed by atoms with Crippen molar-refractivity contribution in [1.29, 1.82) is 0 Å². The van der Waals surface area contributed by atoms with E-state index in [0.29, 0.717) is 6.54 Å². The molecule has 1 aromatic carbocycles. The third kappa shape index (κ3) is 4.04. The molecule has 0 aromatic heterocycles. The van der Waals surface area contributed by atoms with Gasteiger partial charge in [-0.15, -0.1) is 6.58 Å². The number of nitrogens with one attached hydrogen (secondary N) is 1. The molecule has 0 amide bonds. The number of rotatable bonds is 7. The quantitative estimate of drug-likeness (QED) is 0.711. The molecular weight excluding hydrogens is 214 g/mol. The lowest BCUT2D eigenvalue weighted by Crippen LogP contribution is -2.41. The zero-order valence-electron chi connectivity index (χ0n) is 10.1. The first-order chi connectivity index (χ1) is 8.19. The van der Waals surface area contributed by atoms with Crippen LogP contribution in [0.25, 0.3) is 0 Å². The Kier molecular flexibility index (Phi) is 5.43. The predicted octanol–water partition coefficient (Wildman–Crippen LogP) is 2.44. The molecule has 0 spiro atoms. The fourth-order valence-electron chi connectivity index (χ4n) is 1.78. The highest BCUT2D eigenvalue weighted by Crippen LogP contribution is 2.11. The SMILES string of the molecule is C=CC(CC)C(NCc1ccccc1)C(=O)O. The van der Waals surface area contributed by atoms with Crippen LogP contribution in [0.5, 0.6) is 0 Å². The van der Waals surface area contributed by atoms with Gasteiger partial charge in [-0.3, -0.25) is 10.1 Å². The van der Waals surface area contributed by atoms with Crippen LogP contribution in [0.2, 0.25) is 0 Å². The fraction of sp³-hybridized carbons (Fsp3) is 0.357. The van der Waals surface area contributed by atoms with E-state index in [2.05, 4.69) is 11.9 Å². The van der Waals surface area contributed by atoms with Gasteiger partial charge in [0.1, 0.15) is 6.04 Å². The van der Waals surface area contributed by atoms with E-state index in [9.17, 15) is 9.90 Å². The van der Waals surface area contributed by atoms with Crippen molar-refractivity contribution in [1.82, 2.24) is 5.32 Å². The summed E-state index contributed by atoms with van der Waals surface area (Å²) < 4.78 is 0. The van der Waals surface area contributed by atoms with Crippen LogP contribution in [-0.4, -0.2) is 17.1 Å². The Morgan fingerprint density at radius 3 is 2.59 bits per heavy atom. The van der Waals surface area contributed by atoms with E-state index in [4.69, 9.17) is 0 Å². The minimum absolute atomic E-state index is 0.0452. The maximum absolute atomic E-state index is 11.2. The van der Waals surface area contributed by atoms with E-state index in [0.717, 1.165) is 12.0 Å². The highest BCUT2D eigenvalue weighted by atomic mass is 16.4. The van der Waals surface area contributed by atoms with Gasteiger partial charge in [-0.1, -0.05) is 43.3 Å². The molecular formula is C14H19NO2. The molecule has 0 aliphatic carbocycles. The Labute approximate surface area is 102 Å². The van der Waals surface area contributed by atoms with E-state index in [1.54, 1.807) is 6.08 Å². The number of hydrogen-bond acceptors (Lipinski definition) is 2. The topological polar surface area (TPSA) is 49.3 Å². The summed E-state index contributed by atoms with van der Waals surface area (Å²) in [5, 5.41) is 12.2. The third-order valence-corrected chi connectivity index (χ3v) is 2.84. The lowest BCUT2D eigenvalue weighted by molar-refractivity contribution is -0.140. The number of carboxylic acid groups (broad SMARTS) is 1.